The summed E-state index contributed by atoms with van der Waals surface area (Å²) in [4.78, 5) is 32.7. The van der Waals surface area contributed by atoms with Crippen LogP contribution >= 0.6 is 11.8 Å². The summed E-state index contributed by atoms with van der Waals surface area (Å²) in [7, 11) is 0. The van der Waals surface area contributed by atoms with Crippen LogP contribution < -0.4 is 5.32 Å². The Kier molecular flexibility index (Phi) is 6.99. The summed E-state index contributed by atoms with van der Waals surface area (Å²) < 4.78 is 5.51. The normalized spacial score (nSPS) is 17.3. The number of fused-ring (bicyclic) bond motifs is 1. The van der Waals surface area contributed by atoms with Gasteiger partial charge < -0.3 is 15.0 Å². The van der Waals surface area contributed by atoms with E-state index in [4.69, 9.17) is 9.73 Å². The van der Waals surface area contributed by atoms with Crippen molar-refractivity contribution in [3.05, 3.63) is 88.0 Å². The fourth-order valence-electron chi connectivity index (χ4n) is 3.98. The topological polar surface area (TPSA) is 71.0 Å². The lowest BCUT2D eigenvalue weighted by Crippen LogP contribution is -2.38. The summed E-state index contributed by atoms with van der Waals surface area (Å²) in [6.07, 6.45) is 0.207. The van der Waals surface area contributed by atoms with Gasteiger partial charge in [0.15, 0.2) is 5.17 Å². The number of nitrogens with zero attached hydrogens (tertiary/aromatic N) is 2. The molecule has 0 spiro atoms. The number of carbonyl (C=O) groups excluding carboxylic acids is 2. The number of amidine groups is 1. The van der Waals surface area contributed by atoms with E-state index in [2.05, 4.69) is 5.32 Å². The molecular formula is C26H27N3O3S. The molecule has 0 saturated heterocycles. The van der Waals surface area contributed by atoms with Crippen molar-refractivity contribution in [2.45, 2.75) is 33.2 Å². The number of hydrogen-bond donors (Lipinski definition) is 1. The summed E-state index contributed by atoms with van der Waals surface area (Å²) in [5, 5.41) is 5.55. The smallest absolute Gasteiger partial charge is 0.338 e. The number of carbonyl (C=O) groups is 2. The molecule has 0 radical (unpaired) electrons. The number of esters is 1. The average molecular weight is 462 g/mol. The number of nitrogens with one attached hydrogen (secondary N) is 1. The Bertz CT molecular complexity index is 1140. The molecule has 0 bridgehead atoms. The highest BCUT2D eigenvalue weighted by Gasteiger charge is 2.42. The highest BCUT2D eigenvalue weighted by atomic mass is 32.2. The number of amides is 1. The minimum absolute atomic E-state index is 0.0659. The second-order valence-corrected chi connectivity index (χ2v) is 8.62. The zero-order valence-corrected chi connectivity index (χ0v) is 19.8. The summed E-state index contributed by atoms with van der Waals surface area (Å²) in [5.41, 5.74) is 4.80. The van der Waals surface area contributed by atoms with Crippen molar-refractivity contribution in [3.8, 4) is 0 Å². The van der Waals surface area contributed by atoms with E-state index in [1.807, 2.05) is 78.8 Å². The maximum Gasteiger partial charge on any atom is 0.338 e. The van der Waals surface area contributed by atoms with Crippen molar-refractivity contribution in [1.82, 2.24) is 10.2 Å². The first-order valence-electron chi connectivity index (χ1n) is 11.1. The predicted octanol–water partition coefficient (Wildman–Crippen LogP) is 4.80. The molecule has 2 aromatic carbocycles. The van der Waals surface area contributed by atoms with Crippen LogP contribution in [0.15, 0.2) is 76.3 Å². The van der Waals surface area contributed by atoms with Gasteiger partial charge in [0.05, 0.1) is 30.3 Å². The molecule has 170 valence electrons. The van der Waals surface area contributed by atoms with E-state index in [1.165, 1.54) is 11.8 Å². The second-order valence-electron chi connectivity index (χ2n) is 7.78. The fraction of sp³-hybridized carbons (Fsp3) is 0.269. The van der Waals surface area contributed by atoms with Gasteiger partial charge in [0.1, 0.15) is 0 Å². The van der Waals surface area contributed by atoms with Crippen molar-refractivity contribution < 1.29 is 14.3 Å². The Labute approximate surface area is 198 Å². The number of aryl methyl sites for hydroxylation is 1. The summed E-state index contributed by atoms with van der Waals surface area (Å²) in [6, 6.07) is 17.3. The lowest BCUT2D eigenvalue weighted by Gasteiger charge is -2.36. The molecule has 0 saturated carbocycles. The third-order valence-electron chi connectivity index (χ3n) is 5.46. The number of hydrogen-bond acceptors (Lipinski definition) is 6. The van der Waals surface area contributed by atoms with Crippen molar-refractivity contribution in [2.24, 2.45) is 4.99 Å². The molecule has 1 atom stereocenters. The van der Waals surface area contributed by atoms with Crippen LogP contribution in [0, 0.1) is 6.92 Å². The van der Waals surface area contributed by atoms with Crippen LogP contribution in [-0.4, -0.2) is 35.1 Å². The molecular weight excluding hydrogens is 434 g/mol. The Hall–Kier alpha value is -3.32. The largest absolute Gasteiger partial charge is 0.463 e. The summed E-state index contributed by atoms with van der Waals surface area (Å²) in [5.74, 6) is -0.470. The van der Waals surface area contributed by atoms with Crippen molar-refractivity contribution in [1.29, 1.82) is 0 Å². The third kappa shape index (κ3) is 4.73. The minimum atomic E-state index is -0.456. The quantitative estimate of drug-likeness (QED) is 0.600. The van der Waals surface area contributed by atoms with Crippen molar-refractivity contribution in [3.63, 3.8) is 0 Å². The van der Waals surface area contributed by atoms with Gasteiger partial charge in [-0.25, -0.2) is 9.79 Å². The fourth-order valence-corrected chi connectivity index (χ4v) is 4.90. The molecule has 0 aliphatic carbocycles. The van der Waals surface area contributed by atoms with Crippen molar-refractivity contribution >= 4 is 34.5 Å². The van der Waals surface area contributed by atoms with Gasteiger partial charge in [-0.15, -0.1) is 0 Å². The Morgan fingerprint density at radius 3 is 2.48 bits per heavy atom. The molecule has 2 aromatic rings. The van der Waals surface area contributed by atoms with Crippen LogP contribution in [0.2, 0.25) is 0 Å². The standard InChI is InChI=1S/C26H27N3O3S/c1-4-27-21(30)15-20-16-33-26-28-23(18-9-7-6-8-10-18)22(25(31)32-5-2)24(29(20)26)19-13-11-17(3)12-14-19/h6-14,16,24H,4-5,15H2,1-3H3,(H,27,30)/t24-/m1/s1. The Morgan fingerprint density at radius 1 is 1.09 bits per heavy atom. The number of thioether (sulfide) groups is 1. The molecule has 6 nitrogen and oxygen atoms in total. The highest BCUT2D eigenvalue weighted by molar-refractivity contribution is 8.16. The van der Waals surface area contributed by atoms with Gasteiger partial charge >= 0.3 is 5.97 Å². The SMILES string of the molecule is CCNC(=O)CC1=CSC2=NC(c3ccccc3)=C(C(=O)OCC)[C@@H](c3ccc(C)cc3)N12. The molecule has 1 amide bonds. The molecule has 0 aromatic heterocycles. The maximum atomic E-state index is 13.4. The highest BCUT2D eigenvalue weighted by Crippen LogP contribution is 2.47. The first kappa shape index (κ1) is 22.9. The first-order valence-corrected chi connectivity index (χ1v) is 11.9. The van der Waals surface area contributed by atoms with E-state index in [0.717, 1.165) is 27.6 Å². The van der Waals surface area contributed by atoms with Crippen LogP contribution in [-0.2, 0) is 14.3 Å². The van der Waals surface area contributed by atoms with Crippen LogP contribution in [0.5, 0.6) is 0 Å². The molecule has 7 heteroatoms. The number of ether oxygens (including phenoxy) is 1. The van der Waals surface area contributed by atoms with E-state index in [9.17, 15) is 9.59 Å². The van der Waals surface area contributed by atoms with Gasteiger partial charge in [-0.1, -0.05) is 71.9 Å². The minimum Gasteiger partial charge on any atom is -0.463 e. The van der Waals surface area contributed by atoms with Gasteiger partial charge in [-0.05, 0) is 31.7 Å². The zero-order chi connectivity index (χ0) is 23.4. The summed E-state index contributed by atoms with van der Waals surface area (Å²) in [6.45, 7) is 6.55. The average Bonchev–Trinajstić information content (AvgIpc) is 3.21. The second kappa shape index (κ2) is 10.1. The monoisotopic (exact) mass is 461 g/mol. The molecule has 33 heavy (non-hydrogen) atoms. The first-order chi connectivity index (χ1) is 16.0. The summed E-state index contributed by atoms with van der Waals surface area (Å²) >= 11 is 1.47. The molecule has 2 aliphatic rings. The van der Waals surface area contributed by atoms with E-state index >= 15 is 0 Å². The van der Waals surface area contributed by atoms with Crippen LogP contribution in [0.4, 0.5) is 0 Å². The van der Waals surface area contributed by atoms with Gasteiger partial charge in [-0.3, -0.25) is 4.79 Å². The van der Waals surface area contributed by atoms with Gasteiger partial charge in [0.25, 0.3) is 0 Å². The number of rotatable bonds is 7. The van der Waals surface area contributed by atoms with Gasteiger partial charge in [-0.2, -0.15) is 0 Å². The maximum absolute atomic E-state index is 13.4. The van der Waals surface area contributed by atoms with E-state index in [-0.39, 0.29) is 18.9 Å². The van der Waals surface area contributed by atoms with E-state index < -0.39 is 12.0 Å². The Balaban J connectivity index is 1.89. The molecule has 2 aliphatic heterocycles. The van der Waals surface area contributed by atoms with Crippen LogP contribution in [0.1, 0.15) is 43.0 Å². The van der Waals surface area contributed by atoms with Gasteiger partial charge in [0.2, 0.25) is 5.91 Å². The molecule has 0 fully saturated rings. The van der Waals surface area contributed by atoms with Gasteiger partial charge in [0, 0.05) is 17.8 Å². The number of aliphatic imine (C=N–C) groups is 1. The molecule has 2 heterocycles. The van der Waals surface area contributed by atoms with Crippen LogP contribution in [0.25, 0.3) is 5.70 Å². The molecule has 0 unspecified atom stereocenters. The third-order valence-corrected chi connectivity index (χ3v) is 6.35. The zero-order valence-electron chi connectivity index (χ0n) is 19.0. The van der Waals surface area contributed by atoms with E-state index in [1.54, 1.807) is 6.92 Å². The molecule has 4 rings (SSSR count). The van der Waals surface area contributed by atoms with Crippen molar-refractivity contribution in [2.75, 3.05) is 13.2 Å². The van der Waals surface area contributed by atoms with Crippen LogP contribution in [0.3, 0.4) is 0 Å². The lowest BCUT2D eigenvalue weighted by molar-refractivity contribution is -0.139. The number of benzene rings is 2. The Morgan fingerprint density at radius 2 is 1.82 bits per heavy atom. The molecule has 1 N–H and O–H groups in total. The predicted molar refractivity (Wildman–Crippen MR) is 132 cm³/mol. The lowest BCUT2D eigenvalue weighted by atomic mass is 9.91. The van der Waals surface area contributed by atoms with E-state index in [0.29, 0.717) is 17.8 Å².